The fourth-order valence-corrected chi connectivity index (χ4v) is 4.20. The van der Waals surface area contributed by atoms with Gasteiger partial charge in [0.2, 0.25) is 0 Å². The highest BCUT2D eigenvalue weighted by Crippen LogP contribution is 2.30. The molecule has 1 fully saturated rings. The molecule has 1 aromatic heterocycles. The molecule has 5 rings (SSSR count). The first-order valence-electron chi connectivity index (χ1n) is 10.5. The lowest BCUT2D eigenvalue weighted by Gasteiger charge is -2.26. The SMILES string of the molecule is COc1ccc2c(c1)C(=O)N(C[C@@]1(C#CC3C=Nc4nc(N)c(N)cc4C3)NC(=O)NC1=O)C2. The van der Waals surface area contributed by atoms with Gasteiger partial charge in [-0.05, 0) is 30.2 Å². The summed E-state index contributed by atoms with van der Waals surface area (Å²) in [4.78, 5) is 47.8. The summed E-state index contributed by atoms with van der Waals surface area (Å²) < 4.78 is 5.21. The molecule has 0 saturated carbocycles. The van der Waals surface area contributed by atoms with E-state index in [0.29, 0.717) is 29.2 Å². The molecule has 11 heteroatoms. The Kier molecular flexibility index (Phi) is 4.86. The van der Waals surface area contributed by atoms with E-state index >= 15 is 0 Å². The zero-order valence-corrected chi connectivity index (χ0v) is 18.2. The normalized spacial score (nSPS) is 22.4. The van der Waals surface area contributed by atoms with Crippen LogP contribution >= 0.6 is 0 Å². The topological polar surface area (TPSA) is 165 Å². The molecule has 1 unspecified atom stereocenters. The van der Waals surface area contributed by atoms with Crippen LogP contribution in [0.1, 0.15) is 21.5 Å². The number of nitrogens with zero attached hydrogens (tertiary/aromatic N) is 3. The molecule has 4 heterocycles. The zero-order chi connectivity index (χ0) is 24.0. The van der Waals surface area contributed by atoms with Gasteiger partial charge >= 0.3 is 6.03 Å². The van der Waals surface area contributed by atoms with E-state index in [4.69, 9.17) is 16.2 Å². The average molecular weight is 459 g/mol. The molecule has 0 aliphatic carbocycles. The summed E-state index contributed by atoms with van der Waals surface area (Å²) >= 11 is 0. The highest BCUT2D eigenvalue weighted by Gasteiger charge is 2.48. The monoisotopic (exact) mass is 459 g/mol. The highest BCUT2D eigenvalue weighted by atomic mass is 16.5. The summed E-state index contributed by atoms with van der Waals surface area (Å²) in [5.41, 5.74) is 12.4. The Balaban J connectivity index is 1.41. The number of rotatable bonds is 3. The third-order valence-corrected chi connectivity index (χ3v) is 5.99. The fourth-order valence-electron chi connectivity index (χ4n) is 4.20. The average Bonchev–Trinajstić information content (AvgIpc) is 3.27. The Morgan fingerprint density at radius 2 is 2.06 bits per heavy atom. The van der Waals surface area contributed by atoms with Gasteiger partial charge in [0.25, 0.3) is 11.8 Å². The number of benzene rings is 1. The molecular formula is C23H21N7O4. The second-order valence-electron chi connectivity index (χ2n) is 8.30. The number of ether oxygens (including phenoxy) is 1. The van der Waals surface area contributed by atoms with Crippen LogP contribution < -0.4 is 26.8 Å². The van der Waals surface area contributed by atoms with Crippen LogP contribution in [0.3, 0.4) is 0 Å². The maximum absolute atomic E-state index is 13.0. The van der Waals surface area contributed by atoms with E-state index < -0.39 is 17.5 Å². The minimum Gasteiger partial charge on any atom is -0.497 e. The van der Waals surface area contributed by atoms with Crippen molar-refractivity contribution >= 4 is 41.4 Å². The number of nitrogens with two attached hydrogens (primary N) is 2. The summed E-state index contributed by atoms with van der Waals surface area (Å²) in [5.74, 6) is 5.95. The Bertz CT molecular complexity index is 1340. The van der Waals surface area contributed by atoms with Crippen molar-refractivity contribution in [1.82, 2.24) is 20.5 Å². The molecule has 6 N–H and O–H groups in total. The number of amides is 4. The molecule has 34 heavy (non-hydrogen) atoms. The number of hydrogen-bond acceptors (Lipinski definition) is 8. The summed E-state index contributed by atoms with van der Waals surface area (Å²) in [7, 11) is 1.52. The van der Waals surface area contributed by atoms with Crippen LogP contribution in [0.15, 0.2) is 29.3 Å². The number of aliphatic imine (C=N–C) groups is 1. The third-order valence-electron chi connectivity index (χ3n) is 5.99. The number of nitrogens with one attached hydrogen (secondary N) is 2. The van der Waals surface area contributed by atoms with Gasteiger partial charge in [0.1, 0.15) is 11.6 Å². The number of anilines is 2. The third kappa shape index (κ3) is 3.55. The van der Waals surface area contributed by atoms with E-state index in [0.717, 1.165) is 11.1 Å². The van der Waals surface area contributed by atoms with Crippen LogP contribution in [0, 0.1) is 17.8 Å². The number of nitrogen functional groups attached to an aromatic ring is 2. The maximum atomic E-state index is 13.0. The van der Waals surface area contributed by atoms with Crippen LogP contribution in [-0.2, 0) is 17.8 Å². The maximum Gasteiger partial charge on any atom is 0.323 e. The predicted molar refractivity (Wildman–Crippen MR) is 123 cm³/mol. The Morgan fingerprint density at radius 3 is 2.79 bits per heavy atom. The van der Waals surface area contributed by atoms with Crippen molar-refractivity contribution in [2.75, 3.05) is 25.1 Å². The lowest BCUT2D eigenvalue weighted by atomic mass is 9.94. The van der Waals surface area contributed by atoms with Crippen molar-refractivity contribution in [2.24, 2.45) is 10.9 Å². The minimum atomic E-state index is -1.59. The van der Waals surface area contributed by atoms with Gasteiger partial charge in [-0.15, -0.1) is 0 Å². The van der Waals surface area contributed by atoms with E-state index in [9.17, 15) is 14.4 Å². The van der Waals surface area contributed by atoms with Crippen molar-refractivity contribution in [3.05, 3.63) is 41.0 Å². The Labute approximate surface area is 194 Å². The summed E-state index contributed by atoms with van der Waals surface area (Å²) in [6, 6.07) is 6.27. The second kappa shape index (κ2) is 7.77. The molecule has 11 nitrogen and oxygen atoms in total. The Morgan fingerprint density at radius 1 is 1.24 bits per heavy atom. The van der Waals surface area contributed by atoms with Crippen LogP contribution in [0.25, 0.3) is 0 Å². The van der Waals surface area contributed by atoms with Gasteiger partial charge in [-0.25, -0.2) is 14.8 Å². The van der Waals surface area contributed by atoms with Crippen LogP contribution in [0.4, 0.5) is 22.1 Å². The largest absolute Gasteiger partial charge is 0.497 e. The van der Waals surface area contributed by atoms with E-state index in [1.165, 1.54) is 12.0 Å². The molecule has 0 radical (unpaired) electrons. The number of imide groups is 1. The smallest absolute Gasteiger partial charge is 0.323 e. The van der Waals surface area contributed by atoms with Crippen LogP contribution in [0.5, 0.6) is 5.75 Å². The number of fused-ring (bicyclic) bond motifs is 2. The van der Waals surface area contributed by atoms with Gasteiger partial charge in [0.05, 0.1) is 25.3 Å². The molecule has 4 amide bonds. The molecule has 0 bridgehead atoms. The first-order chi connectivity index (χ1) is 16.3. The highest BCUT2D eigenvalue weighted by molar-refractivity contribution is 6.10. The minimum absolute atomic E-state index is 0.112. The number of methoxy groups -OCH3 is 1. The molecule has 3 aliphatic rings. The lowest BCUT2D eigenvalue weighted by Crippen LogP contribution is -2.54. The molecule has 1 aromatic carbocycles. The van der Waals surface area contributed by atoms with Gasteiger partial charge in [-0.1, -0.05) is 17.9 Å². The van der Waals surface area contributed by atoms with Gasteiger partial charge in [-0.3, -0.25) is 14.9 Å². The zero-order valence-electron chi connectivity index (χ0n) is 18.2. The number of pyridine rings is 1. The molecule has 3 aliphatic heterocycles. The van der Waals surface area contributed by atoms with Crippen molar-refractivity contribution in [3.63, 3.8) is 0 Å². The number of carbonyl (C=O) groups excluding carboxylic acids is 3. The molecular weight excluding hydrogens is 438 g/mol. The van der Waals surface area contributed by atoms with Gasteiger partial charge in [0.15, 0.2) is 11.4 Å². The molecule has 2 atom stereocenters. The van der Waals surface area contributed by atoms with Crippen molar-refractivity contribution in [2.45, 2.75) is 18.5 Å². The van der Waals surface area contributed by atoms with E-state index in [2.05, 4.69) is 32.5 Å². The number of aromatic nitrogens is 1. The first-order valence-corrected chi connectivity index (χ1v) is 10.5. The number of carbonyl (C=O) groups is 3. The standard InChI is InChI=1S/C23H21N7O4/c1-34-15-3-2-13-10-30(20(31)16(13)8-15)11-23(21(32)28-22(33)29-23)5-4-12-6-14-7-17(24)18(25)27-19(14)26-9-12/h2-3,7-9,12H,6,10-11,24H2,1H3,(H2,25,27)(H2,28,29,32,33)/t12?,23-/m1/s1. The summed E-state index contributed by atoms with van der Waals surface area (Å²) in [6.07, 6.45) is 2.08. The van der Waals surface area contributed by atoms with Crippen LogP contribution in [-0.4, -0.2) is 53.1 Å². The van der Waals surface area contributed by atoms with Gasteiger partial charge in [-0.2, -0.15) is 0 Å². The number of hydrogen-bond donors (Lipinski definition) is 4. The number of urea groups is 1. The van der Waals surface area contributed by atoms with E-state index in [-0.39, 0.29) is 30.7 Å². The molecule has 172 valence electrons. The van der Waals surface area contributed by atoms with Crippen molar-refractivity contribution in [3.8, 4) is 17.6 Å². The molecule has 1 saturated heterocycles. The second-order valence-corrected chi connectivity index (χ2v) is 8.30. The molecule has 2 aromatic rings. The van der Waals surface area contributed by atoms with Crippen molar-refractivity contribution in [1.29, 1.82) is 0 Å². The van der Waals surface area contributed by atoms with Gasteiger partial charge in [0, 0.05) is 23.9 Å². The quantitative estimate of drug-likeness (QED) is 0.380. The van der Waals surface area contributed by atoms with E-state index in [1.807, 2.05) is 0 Å². The first kappa shape index (κ1) is 21.3. The predicted octanol–water partition coefficient (Wildman–Crippen LogP) is 0.367. The summed E-state index contributed by atoms with van der Waals surface area (Å²) in [5, 5.41) is 4.83. The molecule has 0 spiro atoms. The Hall–Kier alpha value is -4.59. The van der Waals surface area contributed by atoms with Gasteiger partial charge < -0.3 is 26.4 Å². The van der Waals surface area contributed by atoms with E-state index in [1.54, 1.807) is 30.5 Å². The van der Waals surface area contributed by atoms with Crippen molar-refractivity contribution < 1.29 is 19.1 Å². The van der Waals surface area contributed by atoms with Crippen LogP contribution in [0.2, 0.25) is 0 Å². The fraction of sp³-hybridized carbons (Fsp3) is 0.261. The lowest BCUT2D eigenvalue weighted by molar-refractivity contribution is -0.122. The summed E-state index contributed by atoms with van der Waals surface area (Å²) in [6.45, 7) is 0.175.